The Morgan fingerprint density at radius 2 is 2.29 bits per heavy atom. The molecule has 1 rings (SSSR count). The van der Waals surface area contributed by atoms with E-state index in [1.165, 1.54) is 0 Å². The summed E-state index contributed by atoms with van der Waals surface area (Å²) in [6, 6.07) is 0. The van der Waals surface area contributed by atoms with Crippen LogP contribution in [0.1, 0.15) is 13.3 Å². The second-order valence-corrected chi connectivity index (χ2v) is 2.08. The molecular formula is C5H11NO. The molecule has 0 aliphatic carbocycles. The first-order valence-corrected chi connectivity index (χ1v) is 2.60. The van der Waals surface area contributed by atoms with Crippen LogP contribution in [0, 0.1) is 0 Å². The van der Waals surface area contributed by atoms with Crippen LogP contribution in [-0.4, -0.2) is 19.4 Å². The predicted octanol–water partition coefficient (Wildman–Crippen LogP) is 0.342. The van der Waals surface area contributed by atoms with Crippen molar-refractivity contribution in [1.29, 1.82) is 0 Å². The van der Waals surface area contributed by atoms with E-state index < -0.39 is 0 Å². The molecule has 1 aliphatic heterocycles. The summed E-state index contributed by atoms with van der Waals surface area (Å²) in [5.74, 6) is 0. The third kappa shape index (κ3) is 0.763. The van der Waals surface area contributed by atoms with Crippen LogP contribution in [0.5, 0.6) is 0 Å². The van der Waals surface area contributed by atoms with Crippen molar-refractivity contribution in [2.45, 2.75) is 19.1 Å². The number of hydrogen-bond donors (Lipinski definition) is 1. The molecule has 2 nitrogen and oxygen atoms in total. The molecule has 0 spiro atoms. The summed E-state index contributed by atoms with van der Waals surface area (Å²) in [5, 5.41) is 3.06. The van der Waals surface area contributed by atoms with E-state index in [0.29, 0.717) is 0 Å². The zero-order chi connectivity index (χ0) is 5.33. The van der Waals surface area contributed by atoms with Crippen LogP contribution in [0.15, 0.2) is 0 Å². The number of hydrogen-bond acceptors (Lipinski definition) is 2. The minimum atomic E-state index is 0.0139. The topological polar surface area (TPSA) is 21.3 Å². The maximum Gasteiger partial charge on any atom is 0.118 e. The normalized spacial score (nSPS) is 40.3. The summed E-state index contributed by atoms with van der Waals surface area (Å²) in [5.41, 5.74) is 0.0139. The summed E-state index contributed by atoms with van der Waals surface area (Å²) in [4.78, 5) is 0. The Balaban J connectivity index is 2.29. The lowest BCUT2D eigenvalue weighted by molar-refractivity contribution is -0.151. The Kier molecular flexibility index (Phi) is 1.05. The maximum atomic E-state index is 5.16. The molecule has 0 aromatic carbocycles. The molecule has 0 bridgehead atoms. The van der Waals surface area contributed by atoms with Gasteiger partial charge >= 0.3 is 0 Å². The van der Waals surface area contributed by atoms with Gasteiger partial charge in [0.1, 0.15) is 5.72 Å². The fraction of sp³-hybridized carbons (Fsp3) is 1.00. The van der Waals surface area contributed by atoms with Crippen molar-refractivity contribution in [3.05, 3.63) is 0 Å². The lowest BCUT2D eigenvalue weighted by Crippen LogP contribution is -2.51. The van der Waals surface area contributed by atoms with Crippen LogP contribution >= 0.6 is 0 Å². The molecule has 0 amide bonds. The van der Waals surface area contributed by atoms with Crippen LogP contribution in [0.3, 0.4) is 0 Å². The van der Waals surface area contributed by atoms with Crippen molar-refractivity contribution in [3.63, 3.8) is 0 Å². The van der Waals surface area contributed by atoms with Gasteiger partial charge in [0, 0.05) is 6.42 Å². The first-order valence-electron chi connectivity index (χ1n) is 2.60. The fourth-order valence-electron chi connectivity index (χ4n) is 0.605. The molecule has 42 valence electrons. The van der Waals surface area contributed by atoms with Gasteiger partial charge in [-0.25, -0.2) is 0 Å². The van der Waals surface area contributed by atoms with Crippen LogP contribution in [0.4, 0.5) is 0 Å². The number of rotatable bonds is 1. The monoisotopic (exact) mass is 101 g/mol. The van der Waals surface area contributed by atoms with Crippen LogP contribution in [0.25, 0.3) is 0 Å². The van der Waals surface area contributed by atoms with E-state index in [1.54, 1.807) is 0 Å². The molecular weight excluding hydrogens is 90.1 g/mol. The summed E-state index contributed by atoms with van der Waals surface area (Å²) in [7, 11) is 1.92. The molecule has 1 N–H and O–H groups in total. The van der Waals surface area contributed by atoms with E-state index in [2.05, 4.69) is 12.2 Å². The molecule has 0 aromatic heterocycles. The molecule has 1 atom stereocenters. The van der Waals surface area contributed by atoms with Crippen molar-refractivity contribution in [2.24, 2.45) is 0 Å². The molecule has 0 unspecified atom stereocenters. The summed E-state index contributed by atoms with van der Waals surface area (Å²) in [6.45, 7) is 2.97. The van der Waals surface area contributed by atoms with Gasteiger partial charge in [-0.3, -0.25) is 5.32 Å². The summed E-state index contributed by atoms with van der Waals surface area (Å²) in [6.07, 6.45) is 1.14. The van der Waals surface area contributed by atoms with E-state index in [4.69, 9.17) is 4.74 Å². The van der Waals surface area contributed by atoms with Crippen molar-refractivity contribution in [3.8, 4) is 0 Å². The number of ether oxygens (including phenoxy) is 1. The molecule has 1 heterocycles. The fourth-order valence-corrected chi connectivity index (χ4v) is 0.605. The van der Waals surface area contributed by atoms with Crippen LogP contribution < -0.4 is 5.32 Å². The molecule has 7 heavy (non-hydrogen) atoms. The van der Waals surface area contributed by atoms with Gasteiger partial charge in [-0.1, -0.05) is 0 Å². The largest absolute Gasteiger partial charge is 0.361 e. The van der Waals surface area contributed by atoms with Gasteiger partial charge in [-0.05, 0) is 14.0 Å². The highest BCUT2D eigenvalue weighted by Crippen LogP contribution is 2.20. The predicted molar refractivity (Wildman–Crippen MR) is 28.0 cm³/mol. The minimum absolute atomic E-state index is 0.0139. The first kappa shape index (κ1) is 5.06. The Morgan fingerprint density at radius 3 is 2.29 bits per heavy atom. The van der Waals surface area contributed by atoms with E-state index in [1.807, 2.05) is 7.05 Å². The van der Waals surface area contributed by atoms with Gasteiger partial charge in [0.25, 0.3) is 0 Å². The smallest absolute Gasteiger partial charge is 0.118 e. The van der Waals surface area contributed by atoms with Crippen LogP contribution in [0.2, 0.25) is 0 Å². The Labute approximate surface area is 43.9 Å². The third-order valence-corrected chi connectivity index (χ3v) is 1.53. The Morgan fingerprint density at radius 1 is 1.71 bits per heavy atom. The SMILES string of the molecule is CN[C@@]1(C)CCO1. The molecule has 2 heteroatoms. The molecule has 0 aromatic rings. The lowest BCUT2D eigenvalue weighted by atomic mass is 10.1. The first-order chi connectivity index (χ1) is 3.27. The van der Waals surface area contributed by atoms with E-state index in [9.17, 15) is 0 Å². The second kappa shape index (κ2) is 1.46. The quantitative estimate of drug-likeness (QED) is 0.514. The van der Waals surface area contributed by atoms with Crippen molar-refractivity contribution < 1.29 is 4.74 Å². The van der Waals surface area contributed by atoms with Gasteiger partial charge in [0.15, 0.2) is 0 Å². The van der Waals surface area contributed by atoms with Gasteiger partial charge in [-0.15, -0.1) is 0 Å². The second-order valence-electron chi connectivity index (χ2n) is 2.08. The maximum absolute atomic E-state index is 5.16. The highest BCUT2D eigenvalue weighted by molar-refractivity contribution is 4.76. The molecule has 1 saturated heterocycles. The average Bonchev–Trinajstić information content (AvgIpc) is 1.61. The molecule has 0 saturated carbocycles. The Bertz CT molecular complexity index is 63.0. The zero-order valence-electron chi connectivity index (χ0n) is 4.82. The molecule has 1 aliphatic rings. The third-order valence-electron chi connectivity index (χ3n) is 1.53. The summed E-state index contributed by atoms with van der Waals surface area (Å²) >= 11 is 0. The van der Waals surface area contributed by atoms with Crippen molar-refractivity contribution in [1.82, 2.24) is 5.32 Å². The molecule has 1 fully saturated rings. The van der Waals surface area contributed by atoms with E-state index in [0.717, 1.165) is 13.0 Å². The zero-order valence-corrected chi connectivity index (χ0v) is 4.82. The number of nitrogens with one attached hydrogen (secondary N) is 1. The van der Waals surface area contributed by atoms with Gasteiger partial charge in [0.05, 0.1) is 6.61 Å². The Hall–Kier alpha value is -0.0800. The minimum Gasteiger partial charge on any atom is -0.361 e. The van der Waals surface area contributed by atoms with Gasteiger partial charge < -0.3 is 4.74 Å². The molecule has 0 radical (unpaired) electrons. The highest BCUT2D eigenvalue weighted by Gasteiger charge is 2.30. The van der Waals surface area contributed by atoms with Gasteiger partial charge in [-0.2, -0.15) is 0 Å². The lowest BCUT2D eigenvalue weighted by Gasteiger charge is -2.37. The average molecular weight is 101 g/mol. The standard InChI is InChI=1S/C5H11NO/c1-5(6-2)3-4-7-5/h6H,3-4H2,1-2H3/t5-/m1/s1. The van der Waals surface area contributed by atoms with Crippen molar-refractivity contribution in [2.75, 3.05) is 13.7 Å². The van der Waals surface area contributed by atoms with Crippen molar-refractivity contribution >= 4 is 0 Å². The highest BCUT2D eigenvalue weighted by atomic mass is 16.5. The summed E-state index contributed by atoms with van der Waals surface area (Å²) < 4.78 is 5.16. The van der Waals surface area contributed by atoms with Gasteiger partial charge in [0.2, 0.25) is 0 Å². The van der Waals surface area contributed by atoms with Crippen LogP contribution in [-0.2, 0) is 4.74 Å². The van der Waals surface area contributed by atoms with E-state index >= 15 is 0 Å². The van der Waals surface area contributed by atoms with E-state index in [-0.39, 0.29) is 5.72 Å².